The minimum absolute atomic E-state index is 0.0350. The molecule has 13 heteroatoms. The number of anilines is 1. The molecule has 0 saturated carbocycles. The maximum atomic E-state index is 12.7. The summed E-state index contributed by atoms with van der Waals surface area (Å²) in [6.07, 6.45) is 2.64. The van der Waals surface area contributed by atoms with Crippen LogP contribution in [0.15, 0.2) is 21.9 Å². The second-order valence-electron chi connectivity index (χ2n) is 6.17. The van der Waals surface area contributed by atoms with Gasteiger partial charge < -0.3 is 19.9 Å². The summed E-state index contributed by atoms with van der Waals surface area (Å²) >= 11 is 0. The Balaban J connectivity index is 1.84. The third-order valence-corrected chi connectivity index (χ3v) is 4.27. The number of aromatic nitrogens is 5. The Morgan fingerprint density at radius 1 is 1.19 bits per heavy atom. The third-order valence-electron chi connectivity index (χ3n) is 4.27. The summed E-state index contributed by atoms with van der Waals surface area (Å²) in [6.45, 7) is 1.95. The molecular weight excluding hydrogens is 408 g/mol. The van der Waals surface area contributed by atoms with Gasteiger partial charge in [-0.3, -0.25) is 4.79 Å². The van der Waals surface area contributed by atoms with Crippen molar-refractivity contribution in [3.8, 4) is 23.1 Å². The van der Waals surface area contributed by atoms with E-state index in [9.17, 15) is 4.79 Å². The number of benzene rings is 1. The highest BCUT2D eigenvalue weighted by Crippen LogP contribution is 2.33. The van der Waals surface area contributed by atoms with E-state index in [1.165, 1.54) is 32.2 Å². The first-order chi connectivity index (χ1) is 15.0. The number of nitrogens with zero attached hydrogens (tertiary/aromatic N) is 6. The molecule has 0 atom stereocenters. The molecule has 2 aromatic heterocycles. The number of amides is 1. The van der Waals surface area contributed by atoms with Crippen LogP contribution in [0, 0.1) is 0 Å². The molecule has 164 valence electrons. The zero-order chi connectivity index (χ0) is 22.4. The fourth-order valence-electron chi connectivity index (χ4n) is 2.81. The van der Waals surface area contributed by atoms with Gasteiger partial charge in [0, 0.05) is 11.6 Å². The Kier molecular flexibility index (Phi) is 6.64. The Hall–Kier alpha value is -4.16. The van der Waals surface area contributed by atoms with Crippen molar-refractivity contribution in [2.45, 2.75) is 19.8 Å². The average Bonchev–Trinajstić information content (AvgIpc) is 3.39. The standard InChI is InChI=1S/C18H22N8O5/c1-5-6-11-15(21-25-26(11)17-16(19)23-31-24-17)18(27)22-20-9-10-7-13(29-3)14(30-4)8-12(10)28-2/h7-9H,5-6H2,1-4H3,(H2,19,23)(H,22,27). The van der Waals surface area contributed by atoms with Crippen molar-refractivity contribution in [2.24, 2.45) is 5.10 Å². The topological polar surface area (TPSA) is 165 Å². The number of ether oxygens (including phenoxy) is 3. The predicted octanol–water partition coefficient (Wildman–Crippen LogP) is 0.975. The lowest BCUT2D eigenvalue weighted by Crippen LogP contribution is -2.20. The fraction of sp³-hybridized carbons (Fsp3) is 0.333. The van der Waals surface area contributed by atoms with Crippen LogP contribution in [0.2, 0.25) is 0 Å². The maximum Gasteiger partial charge on any atom is 0.293 e. The summed E-state index contributed by atoms with van der Waals surface area (Å²) in [7, 11) is 4.55. The van der Waals surface area contributed by atoms with Crippen molar-refractivity contribution in [1.29, 1.82) is 0 Å². The van der Waals surface area contributed by atoms with E-state index in [-0.39, 0.29) is 17.3 Å². The SMILES string of the molecule is CCCc1c(C(=O)NN=Cc2cc(OC)c(OC)cc2OC)nnn1-c1nonc1N. The highest BCUT2D eigenvalue weighted by molar-refractivity contribution is 5.94. The molecule has 0 aliphatic carbocycles. The largest absolute Gasteiger partial charge is 0.496 e. The lowest BCUT2D eigenvalue weighted by molar-refractivity contribution is 0.0949. The number of hydrogen-bond donors (Lipinski definition) is 2. The zero-order valence-corrected chi connectivity index (χ0v) is 17.4. The summed E-state index contributed by atoms with van der Waals surface area (Å²) in [5, 5.41) is 19.1. The van der Waals surface area contributed by atoms with Gasteiger partial charge in [0.2, 0.25) is 11.6 Å². The van der Waals surface area contributed by atoms with E-state index in [0.717, 1.165) is 6.42 Å². The van der Waals surface area contributed by atoms with Gasteiger partial charge in [0.05, 0.1) is 33.2 Å². The molecule has 0 radical (unpaired) electrons. The molecule has 0 spiro atoms. The molecule has 3 N–H and O–H groups in total. The number of carbonyl (C=O) groups is 1. The monoisotopic (exact) mass is 430 g/mol. The van der Waals surface area contributed by atoms with Crippen molar-refractivity contribution >= 4 is 17.9 Å². The van der Waals surface area contributed by atoms with Crippen LogP contribution >= 0.6 is 0 Å². The highest BCUT2D eigenvalue weighted by Gasteiger charge is 2.23. The lowest BCUT2D eigenvalue weighted by Gasteiger charge is -2.11. The van der Waals surface area contributed by atoms with Crippen LogP contribution in [-0.4, -0.2) is 58.8 Å². The smallest absolute Gasteiger partial charge is 0.293 e. The number of hydrazone groups is 1. The minimum atomic E-state index is -0.555. The summed E-state index contributed by atoms with van der Waals surface area (Å²) in [5.41, 5.74) is 9.32. The number of nitrogens with one attached hydrogen (secondary N) is 1. The van der Waals surface area contributed by atoms with E-state index in [2.05, 4.69) is 35.8 Å². The first kappa shape index (κ1) is 21.5. The maximum absolute atomic E-state index is 12.7. The molecule has 31 heavy (non-hydrogen) atoms. The van der Waals surface area contributed by atoms with Crippen molar-refractivity contribution in [3.63, 3.8) is 0 Å². The predicted molar refractivity (Wildman–Crippen MR) is 109 cm³/mol. The van der Waals surface area contributed by atoms with Crippen LogP contribution in [0.1, 0.15) is 35.1 Å². The molecule has 13 nitrogen and oxygen atoms in total. The highest BCUT2D eigenvalue weighted by atomic mass is 16.6. The summed E-state index contributed by atoms with van der Waals surface area (Å²) in [6, 6.07) is 3.33. The van der Waals surface area contributed by atoms with Crippen LogP contribution < -0.4 is 25.4 Å². The van der Waals surface area contributed by atoms with Gasteiger partial charge in [-0.1, -0.05) is 18.6 Å². The van der Waals surface area contributed by atoms with E-state index in [1.54, 1.807) is 12.1 Å². The lowest BCUT2D eigenvalue weighted by atomic mass is 10.2. The van der Waals surface area contributed by atoms with Gasteiger partial charge in [-0.2, -0.15) is 9.78 Å². The molecule has 3 rings (SSSR count). The third kappa shape index (κ3) is 4.39. The van der Waals surface area contributed by atoms with Crippen LogP contribution in [-0.2, 0) is 6.42 Å². The molecule has 0 aliphatic heterocycles. The number of rotatable bonds is 9. The Morgan fingerprint density at radius 2 is 1.90 bits per heavy atom. The first-order valence-electron chi connectivity index (χ1n) is 9.20. The molecule has 1 amide bonds. The average molecular weight is 430 g/mol. The van der Waals surface area contributed by atoms with E-state index < -0.39 is 5.91 Å². The minimum Gasteiger partial charge on any atom is -0.496 e. The van der Waals surface area contributed by atoms with E-state index in [4.69, 9.17) is 19.9 Å². The molecule has 0 bridgehead atoms. The van der Waals surface area contributed by atoms with Crippen LogP contribution in [0.25, 0.3) is 5.82 Å². The van der Waals surface area contributed by atoms with Gasteiger partial charge in [0.15, 0.2) is 17.2 Å². The molecular formula is C18H22N8O5. The molecule has 0 fully saturated rings. The summed E-state index contributed by atoms with van der Waals surface area (Å²) in [5.74, 6) is 1.12. The number of nitrogens with two attached hydrogens (primary N) is 1. The van der Waals surface area contributed by atoms with Crippen molar-refractivity contribution in [1.82, 2.24) is 30.7 Å². The molecule has 3 aromatic rings. The molecule has 0 aliphatic rings. The molecule has 0 saturated heterocycles. The zero-order valence-electron chi connectivity index (χ0n) is 17.4. The molecule has 1 aromatic carbocycles. The normalized spacial score (nSPS) is 11.0. The fourth-order valence-corrected chi connectivity index (χ4v) is 2.81. The van der Waals surface area contributed by atoms with Crippen LogP contribution in [0.3, 0.4) is 0 Å². The Bertz CT molecular complexity index is 1090. The van der Waals surface area contributed by atoms with E-state index in [1.807, 2.05) is 6.92 Å². The van der Waals surface area contributed by atoms with E-state index >= 15 is 0 Å². The number of hydrogen-bond acceptors (Lipinski definition) is 11. The quantitative estimate of drug-likeness (QED) is 0.369. The second kappa shape index (κ2) is 9.56. The molecule has 0 unspecified atom stereocenters. The van der Waals surface area contributed by atoms with Crippen molar-refractivity contribution in [3.05, 3.63) is 29.1 Å². The van der Waals surface area contributed by atoms with Gasteiger partial charge in [-0.15, -0.1) is 5.10 Å². The molecule has 2 heterocycles. The van der Waals surface area contributed by atoms with Crippen LogP contribution in [0.5, 0.6) is 17.2 Å². The van der Waals surface area contributed by atoms with Gasteiger partial charge >= 0.3 is 0 Å². The Morgan fingerprint density at radius 3 is 2.52 bits per heavy atom. The summed E-state index contributed by atoms with van der Waals surface area (Å²) < 4.78 is 21.8. The van der Waals surface area contributed by atoms with Gasteiger partial charge in [-0.05, 0) is 22.8 Å². The van der Waals surface area contributed by atoms with Gasteiger partial charge in [0.1, 0.15) is 5.75 Å². The van der Waals surface area contributed by atoms with Crippen LogP contribution in [0.4, 0.5) is 5.82 Å². The van der Waals surface area contributed by atoms with Crippen molar-refractivity contribution in [2.75, 3.05) is 27.1 Å². The first-order valence-corrected chi connectivity index (χ1v) is 9.20. The van der Waals surface area contributed by atoms with Crippen molar-refractivity contribution < 1.29 is 23.6 Å². The number of methoxy groups -OCH3 is 3. The van der Waals surface area contributed by atoms with Gasteiger partial charge in [0.25, 0.3) is 5.91 Å². The summed E-state index contributed by atoms with van der Waals surface area (Å²) in [4.78, 5) is 12.7. The van der Waals surface area contributed by atoms with Gasteiger partial charge in [-0.25, -0.2) is 10.1 Å². The number of carbonyl (C=O) groups excluding carboxylic acids is 1. The second-order valence-corrected chi connectivity index (χ2v) is 6.17. The Labute approximate surface area is 177 Å². The van der Waals surface area contributed by atoms with E-state index in [0.29, 0.717) is 34.9 Å². The number of nitrogen functional groups attached to an aromatic ring is 1.